The second kappa shape index (κ2) is 16.6. The average Bonchev–Trinajstić information content (AvgIpc) is 2.74. The molecular weight excluding hydrogens is 414 g/mol. The fourth-order valence-corrected chi connectivity index (χ4v) is 3.88. The van der Waals surface area contributed by atoms with E-state index in [4.69, 9.17) is 4.74 Å². The van der Waals surface area contributed by atoms with Crippen LogP contribution in [0.4, 0.5) is 0 Å². The molecule has 0 fully saturated rings. The minimum Gasteiger partial charge on any atom is -0.488 e. The summed E-state index contributed by atoms with van der Waals surface area (Å²) in [5.41, 5.74) is 0.571. The molecule has 2 N–H and O–H groups in total. The second-order valence-corrected chi connectivity index (χ2v) is 10.2. The molecule has 0 bridgehead atoms. The third-order valence-electron chi connectivity index (χ3n) is 5.68. The first-order valence-electron chi connectivity index (χ1n) is 13.0. The number of unbranched alkanes of at least 4 members (excludes halogenated alkanes) is 11. The second-order valence-electron chi connectivity index (χ2n) is 10.2. The summed E-state index contributed by atoms with van der Waals surface area (Å²) in [7, 11) is 0. The number of amides is 1. The minimum absolute atomic E-state index is 0.179. The highest BCUT2D eigenvalue weighted by molar-refractivity contribution is 5.83. The number of benzene rings is 1. The van der Waals surface area contributed by atoms with Gasteiger partial charge in [-0.3, -0.25) is 4.79 Å². The smallest absolute Gasteiger partial charge is 0.326 e. The van der Waals surface area contributed by atoms with E-state index in [1.807, 2.05) is 45.0 Å². The molecule has 0 aliphatic heterocycles. The van der Waals surface area contributed by atoms with Gasteiger partial charge in [0.1, 0.15) is 17.4 Å². The van der Waals surface area contributed by atoms with E-state index in [0.717, 1.165) is 30.6 Å². The molecule has 5 nitrogen and oxygen atoms in total. The SMILES string of the molecule is CCCCCCCCCCCCCCC(=O)N[C@@H](Cc1ccc(OC(C)(C)C)cc1)C(=O)O. The molecule has 33 heavy (non-hydrogen) atoms. The van der Waals surface area contributed by atoms with Crippen molar-refractivity contribution < 1.29 is 19.4 Å². The molecule has 1 atom stereocenters. The van der Waals surface area contributed by atoms with Crippen LogP contribution in [0.1, 0.15) is 117 Å². The fraction of sp³-hybridized carbons (Fsp3) is 0.714. The Morgan fingerprint density at radius 1 is 0.848 bits per heavy atom. The third-order valence-corrected chi connectivity index (χ3v) is 5.68. The van der Waals surface area contributed by atoms with Gasteiger partial charge in [0, 0.05) is 12.8 Å². The van der Waals surface area contributed by atoms with E-state index >= 15 is 0 Å². The molecule has 188 valence electrons. The number of ether oxygens (including phenoxy) is 1. The van der Waals surface area contributed by atoms with Crippen molar-refractivity contribution in [2.75, 3.05) is 0 Å². The Morgan fingerprint density at radius 3 is 1.79 bits per heavy atom. The molecule has 0 saturated carbocycles. The Bertz CT molecular complexity index is 663. The van der Waals surface area contributed by atoms with Gasteiger partial charge in [-0.05, 0) is 44.9 Å². The first-order valence-corrected chi connectivity index (χ1v) is 13.0. The predicted octanol–water partition coefficient (Wildman–Crippen LogP) is 7.07. The van der Waals surface area contributed by atoms with Crippen molar-refractivity contribution in [1.82, 2.24) is 5.32 Å². The van der Waals surface area contributed by atoms with Crippen LogP contribution >= 0.6 is 0 Å². The zero-order valence-electron chi connectivity index (χ0n) is 21.5. The summed E-state index contributed by atoms with van der Waals surface area (Å²) in [6.07, 6.45) is 15.6. The summed E-state index contributed by atoms with van der Waals surface area (Å²) in [6.45, 7) is 8.19. The number of carbonyl (C=O) groups excluding carboxylic acids is 1. The van der Waals surface area contributed by atoms with Crippen molar-refractivity contribution in [1.29, 1.82) is 0 Å². The number of nitrogens with one attached hydrogen (secondary N) is 1. The maximum atomic E-state index is 12.2. The fourth-order valence-electron chi connectivity index (χ4n) is 3.88. The van der Waals surface area contributed by atoms with Gasteiger partial charge in [0.25, 0.3) is 0 Å². The molecule has 0 heterocycles. The summed E-state index contributed by atoms with van der Waals surface area (Å²) < 4.78 is 5.80. The number of carbonyl (C=O) groups is 2. The Labute approximate surface area is 201 Å². The van der Waals surface area contributed by atoms with Crippen LogP contribution in [0.2, 0.25) is 0 Å². The largest absolute Gasteiger partial charge is 0.488 e. The minimum atomic E-state index is -1.01. The molecule has 1 aromatic rings. The topological polar surface area (TPSA) is 75.6 Å². The summed E-state index contributed by atoms with van der Waals surface area (Å²) in [4.78, 5) is 23.9. The Hall–Kier alpha value is -2.04. The summed E-state index contributed by atoms with van der Waals surface area (Å²) in [5.74, 6) is -0.440. The number of rotatable bonds is 18. The highest BCUT2D eigenvalue weighted by Gasteiger charge is 2.20. The van der Waals surface area contributed by atoms with Crippen molar-refractivity contribution in [2.24, 2.45) is 0 Å². The van der Waals surface area contributed by atoms with Crippen LogP contribution in [0.25, 0.3) is 0 Å². The van der Waals surface area contributed by atoms with Gasteiger partial charge >= 0.3 is 5.97 Å². The zero-order chi connectivity index (χ0) is 24.5. The molecule has 5 heteroatoms. The van der Waals surface area contributed by atoms with Crippen LogP contribution in [-0.2, 0) is 16.0 Å². The Kier molecular flexibility index (Phi) is 14.5. The van der Waals surface area contributed by atoms with E-state index in [1.54, 1.807) is 0 Å². The lowest BCUT2D eigenvalue weighted by atomic mass is 10.0. The highest BCUT2D eigenvalue weighted by Crippen LogP contribution is 2.19. The maximum absolute atomic E-state index is 12.2. The monoisotopic (exact) mass is 461 g/mol. The van der Waals surface area contributed by atoms with Gasteiger partial charge in [-0.2, -0.15) is 0 Å². The maximum Gasteiger partial charge on any atom is 0.326 e. The molecule has 0 aliphatic rings. The standard InChI is InChI=1S/C28H47NO4/c1-5-6-7-8-9-10-11-12-13-14-15-16-17-26(30)29-25(27(31)32)22-23-18-20-24(21-19-23)33-28(2,3)4/h18-21,25H,5-17,22H2,1-4H3,(H,29,30)(H,31,32)/t25-/m0/s1. The number of carboxylic acid groups (broad SMARTS) is 1. The Morgan fingerprint density at radius 2 is 1.33 bits per heavy atom. The van der Waals surface area contributed by atoms with E-state index in [-0.39, 0.29) is 17.9 Å². The summed E-state index contributed by atoms with van der Waals surface area (Å²) in [6, 6.07) is 6.48. The number of aliphatic carboxylic acids is 1. The van der Waals surface area contributed by atoms with Gasteiger partial charge in [0.2, 0.25) is 5.91 Å². The Balaban J connectivity index is 2.20. The first-order chi connectivity index (χ1) is 15.7. The lowest BCUT2D eigenvalue weighted by Gasteiger charge is -2.21. The molecule has 0 aromatic heterocycles. The molecule has 0 spiro atoms. The van der Waals surface area contributed by atoms with Gasteiger partial charge in [0.05, 0.1) is 0 Å². The molecule has 0 aliphatic carbocycles. The van der Waals surface area contributed by atoms with Crippen molar-refractivity contribution >= 4 is 11.9 Å². The van der Waals surface area contributed by atoms with Gasteiger partial charge in [-0.15, -0.1) is 0 Å². The van der Waals surface area contributed by atoms with Gasteiger partial charge in [-0.1, -0.05) is 89.7 Å². The molecule has 1 aromatic carbocycles. The van der Waals surface area contributed by atoms with Crippen LogP contribution in [0.3, 0.4) is 0 Å². The number of carboxylic acids is 1. The van der Waals surface area contributed by atoms with Crippen LogP contribution in [0.15, 0.2) is 24.3 Å². The quantitative estimate of drug-likeness (QED) is 0.229. The van der Waals surface area contributed by atoms with Gasteiger partial charge < -0.3 is 15.2 Å². The van der Waals surface area contributed by atoms with Crippen molar-refractivity contribution in [3.05, 3.63) is 29.8 Å². The van der Waals surface area contributed by atoms with Crippen LogP contribution in [-0.4, -0.2) is 28.6 Å². The molecule has 1 rings (SSSR count). The predicted molar refractivity (Wildman–Crippen MR) is 136 cm³/mol. The van der Waals surface area contributed by atoms with E-state index in [9.17, 15) is 14.7 Å². The van der Waals surface area contributed by atoms with E-state index in [2.05, 4.69) is 12.2 Å². The van der Waals surface area contributed by atoms with Gasteiger partial charge in [-0.25, -0.2) is 4.79 Å². The number of hydrogen-bond donors (Lipinski definition) is 2. The molecule has 1 amide bonds. The van der Waals surface area contributed by atoms with Crippen molar-refractivity contribution in [3.8, 4) is 5.75 Å². The summed E-state index contributed by atoms with van der Waals surface area (Å²) in [5, 5.41) is 12.2. The lowest BCUT2D eigenvalue weighted by molar-refractivity contribution is -0.141. The normalized spacial score (nSPS) is 12.4. The van der Waals surface area contributed by atoms with Crippen molar-refractivity contribution in [2.45, 2.75) is 129 Å². The number of hydrogen-bond acceptors (Lipinski definition) is 3. The lowest BCUT2D eigenvalue weighted by Crippen LogP contribution is -2.42. The molecular formula is C28H47NO4. The zero-order valence-corrected chi connectivity index (χ0v) is 21.5. The highest BCUT2D eigenvalue weighted by atomic mass is 16.5. The average molecular weight is 462 g/mol. The molecule has 0 radical (unpaired) electrons. The third kappa shape index (κ3) is 15.4. The van der Waals surface area contributed by atoms with Crippen LogP contribution in [0.5, 0.6) is 5.75 Å². The van der Waals surface area contributed by atoms with Gasteiger partial charge in [0.15, 0.2) is 0 Å². The summed E-state index contributed by atoms with van der Waals surface area (Å²) >= 11 is 0. The van der Waals surface area contributed by atoms with Crippen LogP contribution in [0, 0.1) is 0 Å². The van der Waals surface area contributed by atoms with Crippen LogP contribution < -0.4 is 10.1 Å². The molecule has 0 saturated heterocycles. The molecule has 0 unspecified atom stereocenters. The van der Waals surface area contributed by atoms with E-state index in [1.165, 1.54) is 57.8 Å². The first kappa shape index (κ1) is 29.0. The van der Waals surface area contributed by atoms with E-state index in [0.29, 0.717) is 6.42 Å². The van der Waals surface area contributed by atoms with E-state index < -0.39 is 12.0 Å². The van der Waals surface area contributed by atoms with Crippen molar-refractivity contribution in [3.63, 3.8) is 0 Å².